The summed E-state index contributed by atoms with van der Waals surface area (Å²) in [5.74, 6) is -1.48. The average Bonchev–Trinajstić information content (AvgIpc) is 3.18. The van der Waals surface area contributed by atoms with Gasteiger partial charge in [-0.25, -0.2) is 14.3 Å². The Balaban J connectivity index is 1.50. The summed E-state index contributed by atoms with van der Waals surface area (Å²) in [4.78, 5) is 35.5. The highest BCUT2D eigenvalue weighted by Gasteiger charge is 2.13. The molecule has 0 aliphatic rings. The Morgan fingerprint density at radius 2 is 1.76 bits per heavy atom. The van der Waals surface area contributed by atoms with Gasteiger partial charge in [0.2, 0.25) is 0 Å². The molecule has 0 saturated carbocycles. The normalized spacial score (nSPS) is 10.6. The van der Waals surface area contributed by atoms with Gasteiger partial charge in [-0.15, -0.1) is 5.10 Å². The first-order valence-corrected chi connectivity index (χ1v) is 8.96. The van der Waals surface area contributed by atoms with Gasteiger partial charge in [-0.1, -0.05) is 17.3 Å². The van der Waals surface area contributed by atoms with Crippen LogP contribution >= 0.6 is 0 Å². The van der Waals surface area contributed by atoms with Crippen LogP contribution < -0.4 is 5.32 Å². The molecule has 1 N–H and O–H groups in total. The zero-order valence-electron chi connectivity index (χ0n) is 16.0. The van der Waals surface area contributed by atoms with Crippen LogP contribution in [0, 0.1) is 0 Å². The zero-order chi connectivity index (χ0) is 20.8. The molecule has 0 unspecified atom stereocenters. The molecule has 9 heteroatoms. The highest BCUT2D eigenvalue weighted by Crippen LogP contribution is 2.14. The Kier molecular flexibility index (Phi) is 6.18. The van der Waals surface area contributed by atoms with Crippen molar-refractivity contribution in [3.05, 3.63) is 59.2 Å². The second-order valence-corrected chi connectivity index (χ2v) is 6.15. The van der Waals surface area contributed by atoms with Crippen molar-refractivity contribution in [2.24, 2.45) is 0 Å². The minimum Gasteiger partial charge on any atom is -0.465 e. The van der Waals surface area contributed by atoms with Crippen molar-refractivity contribution in [2.45, 2.75) is 20.0 Å². The Bertz CT molecular complexity index is 1040. The van der Waals surface area contributed by atoms with Crippen LogP contribution in [0.25, 0.3) is 11.0 Å². The molecule has 1 amide bonds. The van der Waals surface area contributed by atoms with E-state index >= 15 is 0 Å². The van der Waals surface area contributed by atoms with E-state index in [-0.39, 0.29) is 6.54 Å². The summed E-state index contributed by atoms with van der Waals surface area (Å²) in [5, 5.41) is 10.6. The van der Waals surface area contributed by atoms with Crippen molar-refractivity contribution in [1.82, 2.24) is 20.3 Å². The van der Waals surface area contributed by atoms with Crippen molar-refractivity contribution in [1.29, 1.82) is 0 Å². The number of carbonyl (C=O) groups is 3. The number of amides is 1. The van der Waals surface area contributed by atoms with Gasteiger partial charge >= 0.3 is 11.9 Å². The van der Waals surface area contributed by atoms with E-state index in [2.05, 4.69) is 20.4 Å². The molecular weight excluding hydrogens is 376 g/mol. The van der Waals surface area contributed by atoms with Gasteiger partial charge < -0.3 is 14.8 Å². The molecule has 0 aliphatic carbocycles. The third-order valence-corrected chi connectivity index (χ3v) is 4.25. The van der Waals surface area contributed by atoms with Crippen LogP contribution in [0.5, 0.6) is 0 Å². The Morgan fingerprint density at radius 1 is 1.03 bits per heavy atom. The van der Waals surface area contributed by atoms with Crippen molar-refractivity contribution >= 4 is 28.9 Å². The summed E-state index contributed by atoms with van der Waals surface area (Å²) in [5.41, 5.74) is 2.92. The van der Waals surface area contributed by atoms with E-state index in [4.69, 9.17) is 4.74 Å². The number of nitrogens with zero attached hydrogens (tertiary/aromatic N) is 3. The van der Waals surface area contributed by atoms with Gasteiger partial charge in [-0.05, 0) is 42.8 Å². The van der Waals surface area contributed by atoms with E-state index in [1.807, 2.05) is 6.92 Å². The SMILES string of the molecule is CCn1nnc2cc(C(=O)OCC(=O)NCc3ccc(C(=O)OC)cc3)ccc21. The minimum atomic E-state index is -0.615. The number of esters is 2. The first-order valence-electron chi connectivity index (χ1n) is 8.96. The molecule has 0 bridgehead atoms. The lowest BCUT2D eigenvalue weighted by Crippen LogP contribution is -2.28. The van der Waals surface area contributed by atoms with Crippen LogP contribution in [0.3, 0.4) is 0 Å². The van der Waals surface area contributed by atoms with Crippen molar-refractivity contribution in [3.8, 4) is 0 Å². The molecule has 29 heavy (non-hydrogen) atoms. The topological polar surface area (TPSA) is 112 Å². The summed E-state index contributed by atoms with van der Waals surface area (Å²) in [7, 11) is 1.31. The van der Waals surface area contributed by atoms with Crippen molar-refractivity contribution in [2.75, 3.05) is 13.7 Å². The van der Waals surface area contributed by atoms with E-state index in [9.17, 15) is 14.4 Å². The van der Waals surface area contributed by atoms with Gasteiger partial charge in [0.05, 0.1) is 23.8 Å². The highest BCUT2D eigenvalue weighted by atomic mass is 16.5. The van der Waals surface area contributed by atoms with E-state index in [1.54, 1.807) is 47.1 Å². The van der Waals surface area contributed by atoms with Crippen LogP contribution in [-0.4, -0.2) is 46.6 Å². The quantitative estimate of drug-likeness (QED) is 0.605. The summed E-state index contributed by atoms with van der Waals surface area (Å²) in [6, 6.07) is 11.6. The monoisotopic (exact) mass is 396 g/mol. The lowest BCUT2D eigenvalue weighted by molar-refractivity contribution is -0.124. The molecule has 150 valence electrons. The fraction of sp³-hybridized carbons (Fsp3) is 0.250. The number of carbonyl (C=O) groups excluding carboxylic acids is 3. The number of hydrogen-bond acceptors (Lipinski definition) is 7. The van der Waals surface area contributed by atoms with Crippen LogP contribution in [0.4, 0.5) is 0 Å². The number of aryl methyl sites for hydroxylation is 1. The number of ether oxygens (including phenoxy) is 2. The van der Waals surface area contributed by atoms with Crippen molar-refractivity contribution in [3.63, 3.8) is 0 Å². The average molecular weight is 396 g/mol. The predicted molar refractivity (Wildman–Crippen MR) is 103 cm³/mol. The summed E-state index contributed by atoms with van der Waals surface area (Å²) >= 11 is 0. The molecule has 0 atom stereocenters. The largest absolute Gasteiger partial charge is 0.465 e. The molecular formula is C20H20N4O5. The third kappa shape index (κ3) is 4.75. The number of hydrogen-bond donors (Lipinski definition) is 1. The summed E-state index contributed by atoms with van der Waals surface area (Å²) < 4.78 is 11.4. The van der Waals surface area contributed by atoms with Crippen LogP contribution in [-0.2, 0) is 27.4 Å². The van der Waals surface area contributed by atoms with Gasteiger partial charge in [0, 0.05) is 13.1 Å². The van der Waals surface area contributed by atoms with Gasteiger partial charge in [0.25, 0.3) is 5.91 Å². The fourth-order valence-corrected chi connectivity index (χ4v) is 2.68. The fourth-order valence-electron chi connectivity index (χ4n) is 2.68. The predicted octanol–water partition coefficient (Wildman–Crippen LogP) is 1.71. The number of methoxy groups -OCH3 is 1. The van der Waals surface area contributed by atoms with Gasteiger partial charge in [0.1, 0.15) is 5.52 Å². The Morgan fingerprint density at radius 3 is 2.45 bits per heavy atom. The molecule has 9 nitrogen and oxygen atoms in total. The second kappa shape index (κ2) is 8.96. The maximum Gasteiger partial charge on any atom is 0.338 e. The molecule has 3 aromatic rings. The van der Waals surface area contributed by atoms with Gasteiger partial charge in [-0.2, -0.15) is 0 Å². The van der Waals surface area contributed by atoms with Crippen LogP contribution in [0.1, 0.15) is 33.2 Å². The number of fused-ring (bicyclic) bond motifs is 1. The standard InChI is InChI=1S/C20H20N4O5/c1-3-24-17-9-8-15(10-16(17)22-23-24)20(27)29-12-18(25)21-11-13-4-6-14(7-5-13)19(26)28-2/h4-10H,3,11-12H2,1-2H3,(H,21,25). The Labute approximate surface area is 166 Å². The van der Waals surface area contributed by atoms with Crippen LogP contribution in [0.2, 0.25) is 0 Å². The van der Waals surface area contributed by atoms with Gasteiger partial charge in [0.15, 0.2) is 6.61 Å². The van der Waals surface area contributed by atoms with E-state index in [1.165, 1.54) is 7.11 Å². The molecule has 0 radical (unpaired) electrons. The van der Waals surface area contributed by atoms with Crippen molar-refractivity contribution < 1.29 is 23.9 Å². The zero-order valence-corrected chi connectivity index (χ0v) is 16.0. The maximum atomic E-state index is 12.2. The number of nitrogens with one attached hydrogen (secondary N) is 1. The van der Waals surface area contributed by atoms with Crippen LogP contribution in [0.15, 0.2) is 42.5 Å². The first-order chi connectivity index (χ1) is 14.0. The van der Waals surface area contributed by atoms with Gasteiger partial charge in [-0.3, -0.25) is 4.79 Å². The summed E-state index contributed by atoms with van der Waals surface area (Å²) in [6.45, 7) is 2.46. The lowest BCUT2D eigenvalue weighted by Gasteiger charge is -2.07. The molecule has 0 saturated heterocycles. The second-order valence-electron chi connectivity index (χ2n) is 6.15. The highest BCUT2D eigenvalue weighted by molar-refractivity contribution is 5.94. The Hall–Kier alpha value is -3.75. The molecule has 1 heterocycles. The summed E-state index contributed by atoms with van der Waals surface area (Å²) in [6.07, 6.45) is 0. The molecule has 1 aromatic heterocycles. The molecule has 0 spiro atoms. The third-order valence-electron chi connectivity index (χ3n) is 4.25. The maximum absolute atomic E-state index is 12.2. The number of benzene rings is 2. The molecule has 3 rings (SSSR count). The molecule has 0 aliphatic heterocycles. The van der Waals surface area contributed by atoms with E-state index in [0.29, 0.717) is 23.2 Å². The number of rotatable bonds is 7. The van der Waals surface area contributed by atoms with E-state index < -0.39 is 24.5 Å². The number of aromatic nitrogens is 3. The smallest absolute Gasteiger partial charge is 0.338 e. The molecule has 0 fully saturated rings. The molecule has 2 aromatic carbocycles. The van der Waals surface area contributed by atoms with E-state index in [0.717, 1.165) is 11.1 Å². The first kappa shape index (κ1) is 20.0. The lowest BCUT2D eigenvalue weighted by atomic mass is 10.1. The minimum absolute atomic E-state index is 0.240.